The Kier molecular flexibility index (Phi) is 3.47. The minimum atomic E-state index is -4.48. The van der Waals surface area contributed by atoms with Crippen LogP contribution < -0.4 is 10.5 Å². The molecule has 0 amide bonds. The van der Waals surface area contributed by atoms with Crippen molar-refractivity contribution in [3.63, 3.8) is 0 Å². The second-order valence-corrected chi connectivity index (χ2v) is 3.77. The van der Waals surface area contributed by atoms with Gasteiger partial charge in [-0.1, -0.05) is 0 Å². The Labute approximate surface area is 109 Å². The summed E-state index contributed by atoms with van der Waals surface area (Å²) in [5.74, 6) is -3.45. The number of alkyl halides is 3. The molecule has 0 atom stereocenters. The zero-order valence-electron chi connectivity index (χ0n) is 9.71. The van der Waals surface area contributed by atoms with Gasteiger partial charge in [-0.25, -0.2) is 8.78 Å². The monoisotopic (exact) mass is 290 g/mol. The van der Waals surface area contributed by atoms with Crippen LogP contribution in [0, 0.1) is 11.6 Å². The summed E-state index contributed by atoms with van der Waals surface area (Å²) < 4.78 is 68.1. The molecule has 0 unspecified atom stereocenters. The van der Waals surface area contributed by atoms with Crippen molar-refractivity contribution in [1.82, 2.24) is 4.98 Å². The average molecular weight is 290 g/mol. The molecule has 1 aromatic heterocycles. The highest BCUT2D eigenvalue weighted by molar-refractivity contribution is 5.37. The van der Waals surface area contributed by atoms with Crippen molar-refractivity contribution >= 4 is 5.82 Å². The molecule has 8 heteroatoms. The molecule has 0 fully saturated rings. The predicted octanol–water partition coefficient (Wildman–Crippen LogP) is 3.75. The van der Waals surface area contributed by atoms with Crippen molar-refractivity contribution in [2.75, 3.05) is 5.73 Å². The van der Waals surface area contributed by atoms with E-state index in [1.165, 1.54) is 0 Å². The summed E-state index contributed by atoms with van der Waals surface area (Å²) >= 11 is 0. The molecule has 2 rings (SSSR count). The number of hydrogen-bond donors (Lipinski definition) is 1. The van der Waals surface area contributed by atoms with Gasteiger partial charge in [0.25, 0.3) is 5.88 Å². The Morgan fingerprint density at radius 2 is 1.60 bits per heavy atom. The number of hydrogen-bond acceptors (Lipinski definition) is 3. The highest BCUT2D eigenvalue weighted by Gasteiger charge is 2.30. The largest absolute Gasteiger partial charge is 0.436 e. The van der Waals surface area contributed by atoms with Gasteiger partial charge in [-0.05, 0) is 24.3 Å². The zero-order chi connectivity index (χ0) is 14.9. The van der Waals surface area contributed by atoms with E-state index in [0.29, 0.717) is 6.07 Å². The lowest BCUT2D eigenvalue weighted by molar-refractivity contribution is -0.137. The molecule has 0 aliphatic heterocycles. The minimum absolute atomic E-state index is 0.0876. The number of halogens is 5. The second kappa shape index (κ2) is 4.95. The van der Waals surface area contributed by atoms with Gasteiger partial charge in [-0.15, -0.1) is 0 Å². The standard InChI is InChI=1S/C12H7F5N2O/c13-8-5-9(14)11(19-10(8)18)20-7-3-1-6(2-4-7)12(15,16)17/h1-5H,(H2,18,19). The van der Waals surface area contributed by atoms with E-state index in [0.717, 1.165) is 24.3 Å². The van der Waals surface area contributed by atoms with Gasteiger partial charge >= 0.3 is 6.18 Å². The molecular weight excluding hydrogens is 283 g/mol. The molecule has 2 aromatic rings. The van der Waals surface area contributed by atoms with Crippen molar-refractivity contribution < 1.29 is 26.7 Å². The molecule has 0 saturated carbocycles. The van der Waals surface area contributed by atoms with Crippen LogP contribution in [0.3, 0.4) is 0 Å². The average Bonchev–Trinajstić information content (AvgIpc) is 2.35. The molecule has 0 spiro atoms. The van der Waals surface area contributed by atoms with Crippen LogP contribution in [0.4, 0.5) is 27.8 Å². The number of pyridine rings is 1. The smallest absolute Gasteiger partial charge is 0.416 e. The third-order valence-electron chi connectivity index (χ3n) is 2.32. The molecule has 0 bridgehead atoms. The van der Waals surface area contributed by atoms with Gasteiger partial charge in [0.05, 0.1) is 5.56 Å². The highest BCUT2D eigenvalue weighted by atomic mass is 19.4. The normalized spacial score (nSPS) is 11.4. The van der Waals surface area contributed by atoms with E-state index in [2.05, 4.69) is 4.98 Å². The number of ether oxygens (including phenoxy) is 1. The van der Waals surface area contributed by atoms with Crippen molar-refractivity contribution in [1.29, 1.82) is 0 Å². The SMILES string of the molecule is Nc1nc(Oc2ccc(C(F)(F)F)cc2)c(F)cc1F. The van der Waals surface area contributed by atoms with Crippen molar-refractivity contribution in [2.24, 2.45) is 0 Å². The molecular formula is C12H7F5N2O. The summed E-state index contributed by atoms with van der Waals surface area (Å²) in [5, 5.41) is 0. The number of benzene rings is 1. The quantitative estimate of drug-likeness (QED) is 0.857. The number of rotatable bonds is 2. The van der Waals surface area contributed by atoms with Crippen LogP contribution in [0.2, 0.25) is 0 Å². The van der Waals surface area contributed by atoms with E-state index >= 15 is 0 Å². The van der Waals surface area contributed by atoms with Crippen molar-refractivity contribution in [3.05, 3.63) is 47.5 Å². The lowest BCUT2D eigenvalue weighted by Crippen LogP contribution is -2.04. The summed E-state index contributed by atoms with van der Waals surface area (Å²) in [6.45, 7) is 0. The van der Waals surface area contributed by atoms with Crippen molar-refractivity contribution in [3.8, 4) is 11.6 Å². The summed E-state index contributed by atoms with van der Waals surface area (Å²) in [4.78, 5) is 3.32. The lowest BCUT2D eigenvalue weighted by Gasteiger charge is -2.09. The Bertz CT molecular complexity index is 625. The second-order valence-electron chi connectivity index (χ2n) is 3.77. The van der Waals surface area contributed by atoms with E-state index in [1.807, 2.05) is 0 Å². The van der Waals surface area contributed by atoms with Crippen LogP contribution in [0.25, 0.3) is 0 Å². The van der Waals surface area contributed by atoms with E-state index in [1.54, 1.807) is 0 Å². The van der Waals surface area contributed by atoms with Crippen LogP contribution in [0.1, 0.15) is 5.56 Å². The molecule has 0 saturated heterocycles. The van der Waals surface area contributed by atoms with Crippen LogP contribution in [-0.4, -0.2) is 4.98 Å². The number of nitrogens with two attached hydrogens (primary N) is 1. The summed E-state index contributed by atoms with van der Waals surface area (Å²) in [5.41, 5.74) is 4.26. The first kappa shape index (κ1) is 14.0. The molecule has 3 nitrogen and oxygen atoms in total. The topological polar surface area (TPSA) is 48.1 Å². The number of nitrogens with zero attached hydrogens (tertiary/aromatic N) is 1. The van der Waals surface area contributed by atoms with Gasteiger partial charge in [-0.2, -0.15) is 18.2 Å². The number of nitrogen functional groups attached to an aromatic ring is 1. The summed E-state index contributed by atoms with van der Waals surface area (Å²) in [6, 6.07) is 3.98. The number of aromatic nitrogens is 1. The fourth-order valence-corrected chi connectivity index (χ4v) is 1.36. The van der Waals surface area contributed by atoms with Gasteiger partial charge in [0.2, 0.25) is 0 Å². The van der Waals surface area contributed by atoms with Gasteiger partial charge < -0.3 is 10.5 Å². The summed E-state index contributed by atoms with van der Waals surface area (Å²) in [7, 11) is 0. The predicted molar refractivity (Wildman–Crippen MR) is 60.1 cm³/mol. The van der Waals surface area contributed by atoms with E-state index in [4.69, 9.17) is 10.5 Å². The van der Waals surface area contributed by atoms with Gasteiger partial charge in [0.15, 0.2) is 17.5 Å². The third-order valence-corrected chi connectivity index (χ3v) is 2.32. The van der Waals surface area contributed by atoms with Crippen molar-refractivity contribution in [2.45, 2.75) is 6.18 Å². The molecule has 1 heterocycles. The molecule has 20 heavy (non-hydrogen) atoms. The molecule has 0 aliphatic rings. The maximum atomic E-state index is 13.3. The first-order valence-corrected chi connectivity index (χ1v) is 5.24. The maximum Gasteiger partial charge on any atom is 0.416 e. The third kappa shape index (κ3) is 2.95. The first-order chi connectivity index (χ1) is 9.27. The van der Waals surface area contributed by atoms with E-state index in [-0.39, 0.29) is 5.75 Å². The van der Waals surface area contributed by atoms with E-state index in [9.17, 15) is 22.0 Å². The van der Waals surface area contributed by atoms with Crippen LogP contribution >= 0.6 is 0 Å². The molecule has 106 valence electrons. The zero-order valence-corrected chi connectivity index (χ0v) is 9.71. The van der Waals surface area contributed by atoms with Gasteiger partial charge in [0.1, 0.15) is 5.75 Å². The molecule has 0 aliphatic carbocycles. The van der Waals surface area contributed by atoms with Crippen LogP contribution in [0.15, 0.2) is 30.3 Å². The molecule has 0 radical (unpaired) electrons. The van der Waals surface area contributed by atoms with Crippen LogP contribution in [0.5, 0.6) is 11.6 Å². The molecule has 1 aromatic carbocycles. The van der Waals surface area contributed by atoms with E-state index < -0.39 is 35.1 Å². The molecule has 2 N–H and O–H groups in total. The van der Waals surface area contributed by atoms with Gasteiger partial charge in [-0.3, -0.25) is 0 Å². The fraction of sp³-hybridized carbons (Fsp3) is 0.0833. The first-order valence-electron chi connectivity index (χ1n) is 5.24. The maximum absolute atomic E-state index is 13.3. The Hall–Kier alpha value is -2.38. The summed E-state index contributed by atoms with van der Waals surface area (Å²) in [6.07, 6.45) is -4.48. The lowest BCUT2D eigenvalue weighted by atomic mass is 10.2. The Balaban J connectivity index is 2.25. The van der Waals surface area contributed by atoms with Crippen LogP contribution in [-0.2, 0) is 6.18 Å². The minimum Gasteiger partial charge on any atom is -0.436 e. The fourth-order valence-electron chi connectivity index (χ4n) is 1.36. The van der Waals surface area contributed by atoms with Gasteiger partial charge in [0, 0.05) is 6.07 Å². The number of anilines is 1. The Morgan fingerprint density at radius 3 is 2.15 bits per heavy atom. The Morgan fingerprint density at radius 1 is 1.00 bits per heavy atom. The highest BCUT2D eigenvalue weighted by Crippen LogP contribution is 2.31.